The van der Waals surface area contributed by atoms with E-state index >= 15 is 0 Å². The third-order valence-electron chi connectivity index (χ3n) is 24.0. The molecule has 0 spiro atoms. The van der Waals surface area contributed by atoms with E-state index < -0.39 is 0 Å². The predicted molar refractivity (Wildman–Crippen MR) is 403 cm³/mol. The molecule has 0 aromatic heterocycles. The zero-order valence-electron chi connectivity index (χ0n) is 59.7. The highest BCUT2D eigenvalue weighted by atomic mass is 15.2. The standard InChI is InChI=1S/C91H97BN2/c1-56-47-67-65(49-57-33-35-59(36-34-57)84(2,3)4)66-51-61(93(62-38-41-72-76(52-62)90(16,17)70-31-25-23-29-68(70)88(72,12)13)63-39-42-73-77(53-63)91(18,19)71-32-26-24-30-69(71)89(73,14)15)40-43-78(66)92-79-54-74-75(87(10,11)46-45-86(74,8)9)55-81(79)94(82(48-56)83(67)92)80-44-37-60(85(5,6)7)50-64(80)58-27-21-20-22-28-58/h20-44,47-48,50-55,65H,45-46,49H2,1-19H3. The van der Waals surface area contributed by atoms with E-state index in [1.807, 2.05) is 0 Å². The molecule has 474 valence electrons. The molecule has 2 nitrogen and oxygen atoms in total. The summed E-state index contributed by atoms with van der Waals surface area (Å²) in [6.45, 7) is 45.9. The van der Waals surface area contributed by atoms with E-state index in [0.717, 1.165) is 19.3 Å². The lowest BCUT2D eigenvalue weighted by Crippen LogP contribution is -2.62. The van der Waals surface area contributed by atoms with Gasteiger partial charge in [-0.05, 0) is 214 Å². The highest BCUT2D eigenvalue weighted by molar-refractivity contribution is 6.99. The van der Waals surface area contributed by atoms with Gasteiger partial charge in [-0.1, -0.05) is 270 Å². The first-order valence-corrected chi connectivity index (χ1v) is 35.2. The van der Waals surface area contributed by atoms with Gasteiger partial charge >= 0.3 is 0 Å². The molecular formula is C91H97BN2. The Morgan fingerprint density at radius 2 is 0.862 bits per heavy atom. The van der Waals surface area contributed by atoms with Crippen molar-refractivity contribution < 1.29 is 0 Å². The number of hydrogen-bond donors (Lipinski definition) is 0. The van der Waals surface area contributed by atoms with Crippen LogP contribution in [0.5, 0.6) is 0 Å². The molecule has 3 heteroatoms. The van der Waals surface area contributed by atoms with Crippen LogP contribution in [0.25, 0.3) is 11.1 Å². The summed E-state index contributed by atoms with van der Waals surface area (Å²) >= 11 is 0. The summed E-state index contributed by atoms with van der Waals surface area (Å²) in [5, 5.41) is 0. The number of aryl methyl sites for hydroxylation is 1. The molecule has 15 rings (SSSR count). The van der Waals surface area contributed by atoms with E-state index in [1.54, 1.807) is 0 Å². The molecule has 2 heterocycles. The van der Waals surface area contributed by atoms with Crippen LogP contribution in [-0.2, 0) is 49.7 Å². The van der Waals surface area contributed by atoms with Crippen LogP contribution in [0.1, 0.15) is 232 Å². The van der Waals surface area contributed by atoms with Crippen molar-refractivity contribution in [1.29, 1.82) is 0 Å². The van der Waals surface area contributed by atoms with Gasteiger partial charge in [0.25, 0.3) is 0 Å². The van der Waals surface area contributed by atoms with Crippen LogP contribution >= 0.6 is 0 Å². The summed E-state index contributed by atoms with van der Waals surface area (Å²) < 4.78 is 0. The molecule has 0 bridgehead atoms. The largest absolute Gasteiger partial charge is 0.311 e. The number of fused-ring (bicyclic) bond motifs is 9. The maximum absolute atomic E-state index is 2.73. The predicted octanol–water partition coefficient (Wildman–Crippen LogP) is 22.0. The van der Waals surface area contributed by atoms with E-state index in [4.69, 9.17) is 0 Å². The van der Waals surface area contributed by atoms with E-state index in [1.165, 1.54) is 151 Å². The Hall–Kier alpha value is -8.14. The first-order valence-electron chi connectivity index (χ1n) is 35.2. The Morgan fingerprint density at radius 1 is 0.394 bits per heavy atom. The second-order valence-corrected chi connectivity index (χ2v) is 34.5. The lowest BCUT2D eigenvalue weighted by Gasteiger charge is -2.47. The molecule has 0 saturated heterocycles. The smallest absolute Gasteiger partial charge is 0.247 e. The lowest BCUT2D eigenvalue weighted by molar-refractivity contribution is 0.332. The molecule has 10 aromatic rings. The molecule has 2 aliphatic heterocycles. The number of rotatable bonds is 7. The van der Waals surface area contributed by atoms with Crippen molar-refractivity contribution in [3.63, 3.8) is 0 Å². The summed E-state index contributed by atoms with van der Waals surface area (Å²) in [4.78, 5) is 5.37. The Kier molecular flexibility index (Phi) is 13.8. The number of anilines is 6. The fourth-order valence-corrected chi connectivity index (χ4v) is 18.2. The molecule has 3 aliphatic carbocycles. The van der Waals surface area contributed by atoms with Gasteiger partial charge in [0.1, 0.15) is 0 Å². The number of benzene rings is 10. The summed E-state index contributed by atoms with van der Waals surface area (Å²) in [6, 6.07) is 80.0. The molecule has 0 amide bonds. The minimum atomic E-state index is -0.237. The van der Waals surface area contributed by atoms with Gasteiger partial charge in [0.2, 0.25) is 6.71 Å². The summed E-state index contributed by atoms with van der Waals surface area (Å²) in [7, 11) is 0. The second kappa shape index (κ2) is 20.9. The molecule has 0 saturated carbocycles. The molecular weight excluding hydrogens is 1130 g/mol. The molecule has 0 fully saturated rings. The molecule has 0 radical (unpaired) electrons. The van der Waals surface area contributed by atoms with Crippen molar-refractivity contribution in [2.24, 2.45) is 0 Å². The van der Waals surface area contributed by atoms with Gasteiger partial charge in [0.05, 0.1) is 5.69 Å². The minimum absolute atomic E-state index is 0.00424. The fraction of sp³-hybridized carbons (Fsp3) is 0.341. The summed E-state index contributed by atoms with van der Waals surface area (Å²) in [5.41, 5.74) is 35.7. The molecule has 10 aromatic carbocycles. The van der Waals surface area contributed by atoms with Crippen LogP contribution in [0.15, 0.2) is 200 Å². The molecule has 1 atom stereocenters. The minimum Gasteiger partial charge on any atom is -0.311 e. The summed E-state index contributed by atoms with van der Waals surface area (Å²) in [5.74, 6) is 0.0370. The van der Waals surface area contributed by atoms with Gasteiger partial charge in [-0.25, -0.2) is 0 Å². The van der Waals surface area contributed by atoms with E-state index in [2.05, 4.69) is 342 Å². The zero-order valence-corrected chi connectivity index (χ0v) is 59.7. The van der Waals surface area contributed by atoms with E-state index in [-0.39, 0.29) is 56.0 Å². The fourth-order valence-electron chi connectivity index (χ4n) is 18.2. The van der Waals surface area contributed by atoms with E-state index in [0.29, 0.717) is 0 Å². The van der Waals surface area contributed by atoms with Crippen molar-refractivity contribution in [2.45, 2.75) is 200 Å². The summed E-state index contributed by atoms with van der Waals surface area (Å²) in [6.07, 6.45) is 3.15. The Bertz CT molecular complexity index is 4620. The second-order valence-electron chi connectivity index (χ2n) is 34.5. The monoisotopic (exact) mass is 1230 g/mol. The van der Waals surface area contributed by atoms with Crippen LogP contribution in [0.4, 0.5) is 34.1 Å². The van der Waals surface area contributed by atoms with Crippen molar-refractivity contribution >= 4 is 57.2 Å². The van der Waals surface area contributed by atoms with Crippen molar-refractivity contribution in [1.82, 2.24) is 0 Å². The third-order valence-corrected chi connectivity index (χ3v) is 24.0. The van der Waals surface area contributed by atoms with Crippen molar-refractivity contribution in [3.05, 3.63) is 289 Å². The number of nitrogens with zero attached hydrogens (tertiary/aromatic N) is 2. The molecule has 5 aliphatic rings. The van der Waals surface area contributed by atoms with Crippen LogP contribution < -0.4 is 26.2 Å². The third kappa shape index (κ3) is 9.45. The average molecular weight is 1230 g/mol. The van der Waals surface area contributed by atoms with Crippen molar-refractivity contribution in [2.75, 3.05) is 9.80 Å². The normalized spacial score (nSPS) is 18.5. The molecule has 0 N–H and O–H groups in total. The van der Waals surface area contributed by atoms with Gasteiger partial charge in [0, 0.05) is 61.6 Å². The Labute approximate surface area is 564 Å². The highest BCUT2D eigenvalue weighted by Crippen LogP contribution is 2.56. The van der Waals surface area contributed by atoms with Crippen LogP contribution in [0.2, 0.25) is 0 Å². The van der Waals surface area contributed by atoms with Crippen LogP contribution in [0.3, 0.4) is 0 Å². The van der Waals surface area contributed by atoms with E-state index in [9.17, 15) is 0 Å². The zero-order chi connectivity index (χ0) is 66.4. The van der Waals surface area contributed by atoms with Crippen molar-refractivity contribution in [3.8, 4) is 11.1 Å². The Balaban J connectivity index is 1.01. The van der Waals surface area contributed by atoms with Gasteiger partial charge in [-0.2, -0.15) is 0 Å². The van der Waals surface area contributed by atoms with Gasteiger partial charge in [-0.3, -0.25) is 0 Å². The highest BCUT2D eigenvalue weighted by Gasteiger charge is 2.49. The average Bonchev–Trinajstić information content (AvgIpc) is 0.738. The molecule has 94 heavy (non-hydrogen) atoms. The molecule has 1 unspecified atom stereocenters. The quantitative estimate of drug-likeness (QED) is 0.147. The SMILES string of the molecule is Cc1cc2c3c(c1)N(c1ccc(C(C)(C)C)cc1-c1ccccc1)c1cc4c(cc1B3c1ccc(N(c3ccc5c(c3)C(C)(C)c3ccccc3C5(C)C)c3ccc5c(c3)C(C)(C)c3ccccc3C5(C)C)cc1C2Cc1ccc(C(C)(C)C)cc1)C(C)(C)CCC4(C)C. The lowest BCUT2D eigenvalue weighted by atomic mass is 9.30. The van der Waals surface area contributed by atoms with Crippen LogP contribution in [0, 0.1) is 6.92 Å². The topological polar surface area (TPSA) is 6.48 Å². The maximum atomic E-state index is 2.73. The first kappa shape index (κ1) is 62.0. The number of hydrogen-bond acceptors (Lipinski definition) is 2. The Morgan fingerprint density at radius 3 is 1.39 bits per heavy atom. The van der Waals surface area contributed by atoms with Crippen LogP contribution in [-0.4, -0.2) is 6.71 Å². The van der Waals surface area contributed by atoms with Gasteiger partial charge in [-0.15, -0.1) is 0 Å². The van der Waals surface area contributed by atoms with Gasteiger partial charge < -0.3 is 9.80 Å². The first-order chi connectivity index (χ1) is 44.3. The maximum Gasteiger partial charge on any atom is 0.247 e. The van der Waals surface area contributed by atoms with Gasteiger partial charge in [0.15, 0.2) is 0 Å².